The highest BCUT2D eigenvalue weighted by molar-refractivity contribution is 9.10. The molecule has 0 aliphatic heterocycles. The van der Waals surface area contributed by atoms with E-state index in [4.69, 9.17) is 5.73 Å². The number of hydrogen-bond donors (Lipinski definition) is 3. The Morgan fingerprint density at radius 1 is 1.29 bits per heavy atom. The summed E-state index contributed by atoms with van der Waals surface area (Å²) in [5, 5.41) is 10.2. The molecule has 0 aliphatic rings. The normalized spacial score (nSPS) is 10.3. The molecule has 3 rings (SSSR count). The maximum absolute atomic E-state index is 11.4. The van der Waals surface area contributed by atoms with Crippen molar-refractivity contribution in [2.45, 2.75) is 0 Å². The van der Waals surface area contributed by atoms with Crippen molar-refractivity contribution in [3.63, 3.8) is 0 Å². The zero-order valence-corrected chi connectivity index (χ0v) is 12.4. The third kappa shape index (κ3) is 2.58. The summed E-state index contributed by atoms with van der Waals surface area (Å²) < 4.78 is 2.39. The van der Waals surface area contributed by atoms with Crippen LogP contribution in [0.5, 0.6) is 0 Å². The Kier molecular flexibility index (Phi) is 3.92. The molecular formula is C13H12BrN5O2. The van der Waals surface area contributed by atoms with Gasteiger partial charge in [-0.1, -0.05) is 22.0 Å². The lowest BCUT2D eigenvalue weighted by Gasteiger charge is -2.07. The lowest BCUT2D eigenvalue weighted by Crippen LogP contribution is -2.09. The smallest absolute Gasteiger partial charge is 0.352 e. The third-order valence-corrected chi connectivity index (χ3v) is 3.37. The first kappa shape index (κ1) is 14.9. The van der Waals surface area contributed by atoms with Crippen LogP contribution in [0.3, 0.4) is 0 Å². The maximum Gasteiger partial charge on any atom is 0.352 e. The zero-order valence-electron chi connectivity index (χ0n) is 10.8. The van der Waals surface area contributed by atoms with Crippen LogP contribution in [-0.4, -0.2) is 25.6 Å². The van der Waals surface area contributed by atoms with Crippen LogP contribution >= 0.6 is 15.9 Å². The number of hydrogen-bond acceptors (Lipinski definition) is 5. The van der Waals surface area contributed by atoms with Gasteiger partial charge in [-0.3, -0.25) is 4.57 Å². The van der Waals surface area contributed by atoms with Gasteiger partial charge in [0, 0.05) is 16.1 Å². The highest BCUT2D eigenvalue weighted by atomic mass is 79.9. The van der Waals surface area contributed by atoms with E-state index < -0.39 is 5.97 Å². The van der Waals surface area contributed by atoms with Crippen LogP contribution in [-0.2, 0) is 0 Å². The summed E-state index contributed by atoms with van der Waals surface area (Å²) >= 11 is 3.38. The Morgan fingerprint density at radius 2 is 2.05 bits per heavy atom. The molecule has 3 aromatic rings. The minimum absolute atomic E-state index is 0. The number of aromatic carboxylic acids is 1. The number of benzene rings is 1. The summed E-state index contributed by atoms with van der Waals surface area (Å²) in [6.45, 7) is 0. The number of nitrogen functional groups attached to an aromatic ring is 1. The Hall–Kier alpha value is -2.45. The van der Waals surface area contributed by atoms with E-state index in [9.17, 15) is 9.90 Å². The van der Waals surface area contributed by atoms with E-state index in [1.54, 1.807) is 16.7 Å². The number of carbonyl (C=O) groups is 1. The van der Waals surface area contributed by atoms with Crippen LogP contribution in [0.25, 0.3) is 16.7 Å². The van der Waals surface area contributed by atoms with Gasteiger partial charge in [-0.05, 0) is 24.3 Å². The molecule has 0 saturated heterocycles. The molecule has 0 bridgehead atoms. The number of anilines is 1. The molecule has 108 valence electrons. The molecule has 0 radical (unpaired) electrons. The number of aromatic nitrogens is 3. The van der Waals surface area contributed by atoms with Gasteiger partial charge in [0.1, 0.15) is 11.5 Å². The third-order valence-electron chi connectivity index (χ3n) is 2.87. The molecule has 0 aliphatic carbocycles. The first-order chi connectivity index (χ1) is 9.56. The van der Waals surface area contributed by atoms with Crippen LogP contribution in [0.2, 0.25) is 0 Å². The average Bonchev–Trinajstić information content (AvgIpc) is 2.77. The van der Waals surface area contributed by atoms with Crippen molar-refractivity contribution >= 4 is 38.8 Å². The second kappa shape index (κ2) is 5.51. The lowest BCUT2D eigenvalue weighted by atomic mass is 10.2. The predicted octanol–water partition coefficient (Wildman–Crippen LogP) is 2.63. The van der Waals surface area contributed by atoms with Crippen molar-refractivity contribution in [2.24, 2.45) is 0 Å². The Balaban J connectivity index is 0.00000161. The molecule has 2 heterocycles. The van der Waals surface area contributed by atoms with Crippen molar-refractivity contribution in [2.75, 3.05) is 5.73 Å². The van der Waals surface area contributed by atoms with E-state index in [1.165, 1.54) is 6.20 Å². The van der Waals surface area contributed by atoms with E-state index in [-0.39, 0.29) is 17.8 Å². The van der Waals surface area contributed by atoms with E-state index in [1.807, 2.05) is 18.2 Å². The first-order valence-corrected chi connectivity index (χ1v) is 6.49. The van der Waals surface area contributed by atoms with Gasteiger partial charge < -0.3 is 17.0 Å². The van der Waals surface area contributed by atoms with Gasteiger partial charge in [-0.15, -0.1) is 0 Å². The number of rotatable bonds is 2. The highest BCUT2D eigenvalue weighted by Crippen LogP contribution is 2.26. The molecule has 21 heavy (non-hydrogen) atoms. The second-order valence-electron chi connectivity index (χ2n) is 4.15. The molecule has 7 nitrogen and oxygen atoms in total. The fraction of sp³-hybridized carbons (Fsp3) is 0. The van der Waals surface area contributed by atoms with Gasteiger partial charge in [-0.25, -0.2) is 9.78 Å². The summed E-state index contributed by atoms with van der Waals surface area (Å²) in [7, 11) is 0. The summed E-state index contributed by atoms with van der Waals surface area (Å²) in [5.41, 5.74) is 6.43. The van der Waals surface area contributed by atoms with Crippen LogP contribution in [0, 0.1) is 0 Å². The summed E-state index contributed by atoms with van der Waals surface area (Å²) in [5.74, 6) is -0.520. The fourth-order valence-corrected chi connectivity index (χ4v) is 2.42. The van der Waals surface area contributed by atoms with Gasteiger partial charge in [0.2, 0.25) is 5.95 Å². The molecular weight excluding hydrogens is 338 g/mol. The summed E-state index contributed by atoms with van der Waals surface area (Å²) in [6, 6.07) is 8.74. The minimum atomic E-state index is -1.03. The van der Waals surface area contributed by atoms with Gasteiger partial charge in [0.25, 0.3) is 0 Å². The van der Waals surface area contributed by atoms with E-state index in [2.05, 4.69) is 25.9 Å². The lowest BCUT2D eigenvalue weighted by molar-refractivity contribution is 0.0688. The SMILES string of the molecule is N.Nc1nccc(-n2c(C(=O)O)cc3ccc(Br)cc32)n1. The minimum Gasteiger partial charge on any atom is -0.477 e. The topological polar surface area (TPSA) is 129 Å². The second-order valence-corrected chi connectivity index (χ2v) is 5.06. The number of halogens is 1. The summed E-state index contributed by atoms with van der Waals surface area (Å²) in [6.07, 6.45) is 1.49. The number of fused-ring (bicyclic) bond motifs is 1. The number of nitrogens with zero attached hydrogens (tertiary/aromatic N) is 3. The molecule has 0 unspecified atom stereocenters. The highest BCUT2D eigenvalue weighted by Gasteiger charge is 2.17. The van der Waals surface area contributed by atoms with Crippen LogP contribution < -0.4 is 11.9 Å². The largest absolute Gasteiger partial charge is 0.477 e. The molecule has 0 atom stereocenters. The van der Waals surface area contributed by atoms with Crippen LogP contribution in [0.15, 0.2) is 41.0 Å². The fourth-order valence-electron chi connectivity index (χ4n) is 2.07. The number of carboxylic acids is 1. The molecule has 1 aromatic carbocycles. The van der Waals surface area contributed by atoms with Crippen molar-refractivity contribution in [3.05, 3.63) is 46.7 Å². The van der Waals surface area contributed by atoms with Crippen molar-refractivity contribution in [3.8, 4) is 5.82 Å². The summed E-state index contributed by atoms with van der Waals surface area (Å²) in [4.78, 5) is 19.3. The zero-order chi connectivity index (χ0) is 14.3. The average molecular weight is 350 g/mol. The molecule has 0 amide bonds. The van der Waals surface area contributed by atoms with Gasteiger partial charge in [0.05, 0.1) is 5.52 Å². The quantitative estimate of drug-likeness (QED) is 0.651. The molecule has 8 heteroatoms. The van der Waals surface area contributed by atoms with Gasteiger partial charge in [0.15, 0.2) is 0 Å². The Morgan fingerprint density at radius 3 is 2.71 bits per heavy atom. The molecule has 2 aromatic heterocycles. The van der Waals surface area contributed by atoms with Crippen LogP contribution in [0.1, 0.15) is 10.5 Å². The molecule has 0 saturated carbocycles. The van der Waals surface area contributed by atoms with E-state index in [0.29, 0.717) is 5.82 Å². The predicted molar refractivity (Wildman–Crippen MR) is 83.0 cm³/mol. The maximum atomic E-state index is 11.4. The monoisotopic (exact) mass is 349 g/mol. The standard InChI is InChI=1S/C13H9BrN4O2.H3N/c14-8-2-1-7-5-10(12(19)20)18(9(7)6-8)11-3-4-16-13(15)17-11;/h1-6H,(H,19,20)(H2,15,16,17);1H3. The molecule has 0 spiro atoms. The Labute approximate surface area is 128 Å². The first-order valence-electron chi connectivity index (χ1n) is 5.69. The van der Waals surface area contributed by atoms with E-state index in [0.717, 1.165) is 15.4 Å². The number of carboxylic acid groups (broad SMARTS) is 1. The molecule has 6 N–H and O–H groups in total. The van der Waals surface area contributed by atoms with Crippen LogP contribution in [0.4, 0.5) is 5.95 Å². The van der Waals surface area contributed by atoms with Gasteiger partial charge in [-0.2, -0.15) is 4.98 Å². The molecule has 0 fully saturated rings. The number of nitrogens with two attached hydrogens (primary N) is 1. The van der Waals surface area contributed by atoms with E-state index >= 15 is 0 Å². The van der Waals surface area contributed by atoms with Crippen molar-refractivity contribution < 1.29 is 9.90 Å². The van der Waals surface area contributed by atoms with Crippen molar-refractivity contribution in [1.82, 2.24) is 20.7 Å². The Bertz CT molecular complexity index is 831. The van der Waals surface area contributed by atoms with Gasteiger partial charge >= 0.3 is 5.97 Å². The van der Waals surface area contributed by atoms with Crippen molar-refractivity contribution in [1.29, 1.82) is 0 Å².